The number of carboxylic acid groups (broad SMARTS) is 1. The van der Waals surface area contributed by atoms with Gasteiger partial charge in [0.25, 0.3) is 5.91 Å². The number of halogens is 1. The Hall–Kier alpha value is -6.07. The standard InChI is InChI=1S/C36H25FN4O3/c37-32-15-25(19-38)14-29(17-32)30-16-31-21-40-41(22-24-5-4-8-28(13-24)26-6-2-1-3-7-26)34(31)33(18-30)35(42)39-20-23-9-11-27(12-10-23)36(43)44/h1-18,21H,20,22H2,(H,39,42)(H,43,44). The molecule has 6 rings (SSSR count). The Morgan fingerprint density at radius 3 is 2.32 bits per heavy atom. The van der Waals surface area contributed by atoms with Gasteiger partial charge in [0.2, 0.25) is 0 Å². The van der Waals surface area contributed by atoms with Crippen LogP contribution in [0.25, 0.3) is 33.2 Å². The lowest BCUT2D eigenvalue weighted by atomic mass is 9.98. The molecule has 1 amide bonds. The van der Waals surface area contributed by atoms with Gasteiger partial charge in [-0.15, -0.1) is 0 Å². The van der Waals surface area contributed by atoms with E-state index in [2.05, 4.69) is 16.5 Å². The van der Waals surface area contributed by atoms with Crippen molar-refractivity contribution >= 4 is 22.8 Å². The minimum Gasteiger partial charge on any atom is -0.478 e. The predicted molar refractivity (Wildman–Crippen MR) is 165 cm³/mol. The second kappa shape index (κ2) is 12.0. The van der Waals surface area contributed by atoms with Crippen molar-refractivity contribution in [3.05, 3.63) is 149 Å². The van der Waals surface area contributed by atoms with Crippen LogP contribution in [0.4, 0.5) is 4.39 Å². The SMILES string of the molecule is N#Cc1cc(F)cc(-c2cc(C(=O)NCc3ccc(C(=O)O)cc3)c3c(cnn3Cc3cccc(-c4ccccc4)c3)c2)c1. The maximum absolute atomic E-state index is 14.4. The highest BCUT2D eigenvalue weighted by atomic mass is 19.1. The summed E-state index contributed by atoms with van der Waals surface area (Å²) in [5.41, 5.74) is 6.17. The second-order valence-electron chi connectivity index (χ2n) is 10.4. The van der Waals surface area contributed by atoms with Crippen LogP contribution in [0.2, 0.25) is 0 Å². The van der Waals surface area contributed by atoms with Gasteiger partial charge < -0.3 is 10.4 Å². The number of amides is 1. The molecule has 0 saturated heterocycles. The highest BCUT2D eigenvalue weighted by Crippen LogP contribution is 2.30. The zero-order valence-electron chi connectivity index (χ0n) is 23.4. The molecule has 5 aromatic carbocycles. The molecule has 0 fully saturated rings. The molecule has 0 saturated carbocycles. The third kappa shape index (κ3) is 5.94. The fourth-order valence-electron chi connectivity index (χ4n) is 5.21. The van der Waals surface area contributed by atoms with Crippen LogP contribution in [0, 0.1) is 17.1 Å². The molecule has 0 aliphatic carbocycles. The Labute approximate surface area is 252 Å². The van der Waals surface area contributed by atoms with Crippen molar-refractivity contribution in [1.82, 2.24) is 15.1 Å². The van der Waals surface area contributed by atoms with Gasteiger partial charge in [-0.25, -0.2) is 9.18 Å². The number of nitrogens with one attached hydrogen (secondary N) is 1. The van der Waals surface area contributed by atoms with Gasteiger partial charge in [0.15, 0.2) is 0 Å². The second-order valence-corrected chi connectivity index (χ2v) is 10.4. The molecular weight excluding hydrogens is 555 g/mol. The summed E-state index contributed by atoms with van der Waals surface area (Å²) in [6.07, 6.45) is 1.67. The molecule has 44 heavy (non-hydrogen) atoms. The first-order valence-electron chi connectivity index (χ1n) is 13.8. The summed E-state index contributed by atoms with van der Waals surface area (Å²) in [5.74, 6) is -1.96. The molecule has 0 atom stereocenters. The Kier molecular flexibility index (Phi) is 7.68. The van der Waals surface area contributed by atoms with Crippen molar-refractivity contribution in [3.63, 3.8) is 0 Å². The van der Waals surface area contributed by atoms with E-state index in [1.165, 1.54) is 18.2 Å². The number of aromatic carboxylic acids is 1. The number of fused-ring (bicyclic) bond motifs is 1. The third-order valence-electron chi connectivity index (χ3n) is 7.36. The number of hydrogen-bond donors (Lipinski definition) is 2. The Morgan fingerprint density at radius 2 is 1.57 bits per heavy atom. The van der Waals surface area contributed by atoms with Crippen LogP contribution in [-0.2, 0) is 13.1 Å². The summed E-state index contributed by atoms with van der Waals surface area (Å²) >= 11 is 0. The van der Waals surface area contributed by atoms with E-state index in [4.69, 9.17) is 0 Å². The summed E-state index contributed by atoms with van der Waals surface area (Å²) < 4.78 is 16.1. The number of nitrogens with zero attached hydrogens (tertiary/aromatic N) is 3. The van der Waals surface area contributed by atoms with Gasteiger partial charge in [-0.3, -0.25) is 9.48 Å². The lowest BCUT2D eigenvalue weighted by molar-refractivity contribution is 0.0696. The number of carbonyl (C=O) groups is 2. The van der Waals surface area contributed by atoms with Crippen LogP contribution in [0.1, 0.15) is 37.4 Å². The maximum atomic E-state index is 14.4. The average Bonchev–Trinajstić information content (AvgIpc) is 3.46. The summed E-state index contributed by atoms with van der Waals surface area (Å²) in [4.78, 5) is 25.0. The fourth-order valence-corrected chi connectivity index (χ4v) is 5.21. The summed E-state index contributed by atoms with van der Waals surface area (Å²) in [6.45, 7) is 0.565. The molecule has 0 radical (unpaired) electrons. The Balaban J connectivity index is 1.39. The van der Waals surface area contributed by atoms with Gasteiger partial charge in [0.05, 0.1) is 41.0 Å². The van der Waals surface area contributed by atoms with Crippen molar-refractivity contribution in [2.24, 2.45) is 0 Å². The summed E-state index contributed by atoms with van der Waals surface area (Å²) in [6, 6.07) is 34.0. The minimum atomic E-state index is -1.03. The molecule has 0 spiro atoms. The number of benzene rings is 5. The van der Waals surface area contributed by atoms with Gasteiger partial charge in [-0.1, -0.05) is 60.7 Å². The quantitative estimate of drug-likeness (QED) is 0.200. The summed E-state index contributed by atoms with van der Waals surface area (Å²) in [7, 11) is 0. The zero-order valence-corrected chi connectivity index (χ0v) is 23.4. The molecule has 0 aliphatic rings. The number of carbonyl (C=O) groups excluding carboxylic acids is 1. The lowest BCUT2D eigenvalue weighted by Crippen LogP contribution is -2.24. The largest absolute Gasteiger partial charge is 0.478 e. The average molecular weight is 581 g/mol. The molecule has 1 heterocycles. The zero-order chi connectivity index (χ0) is 30.6. The molecule has 1 aromatic heterocycles. The van der Waals surface area contributed by atoms with Gasteiger partial charge in [0.1, 0.15) is 5.82 Å². The first kappa shape index (κ1) is 28.1. The smallest absolute Gasteiger partial charge is 0.335 e. The molecule has 0 aliphatic heterocycles. The molecule has 7 nitrogen and oxygen atoms in total. The highest BCUT2D eigenvalue weighted by Gasteiger charge is 2.18. The number of hydrogen-bond acceptors (Lipinski definition) is 4. The third-order valence-corrected chi connectivity index (χ3v) is 7.36. The van der Waals surface area contributed by atoms with Gasteiger partial charge in [-0.2, -0.15) is 10.4 Å². The van der Waals surface area contributed by atoms with E-state index in [0.29, 0.717) is 34.1 Å². The summed E-state index contributed by atoms with van der Waals surface area (Å²) in [5, 5.41) is 26.8. The number of carboxylic acids is 1. The van der Waals surface area contributed by atoms with Crippen molar-refractivity contribution in [1.29, 1.82) is 5.26 Å². The van der Waals surface area contributed by atoms with Crippen LogP contribution in [0.15, 0.2) is 115 Å². The molecule has 2 N–H and O–H groups in total. The van der Waals surface area contributed by atoms with Crippen LogP contribution in [0.5, 0.6) is 0 Å². The van der Waals surface area contributed by atoms with Crippen LogP contribution < -0.4 is 5.32 Å². The number of rotatable bonds is 8. The molecule has 0 unspecified atom stereocenters. The molecule has 6 aromatic rings. The van der Waals surface area contributed by atoms with Gasteiger partial charge >= 0.3 is 5.97 Å². The van der Waals surface area contributed by atoms with E-state index in [-0.39, 0.29) is 23.6 Å². The van der Waals surface area contributed by atoms with Gasteiger partial charge in [-0.05, 0) is 81.9 Å². The van der Waals surface area contributed by atoms with Crippen molar-refractivity contribution in [2.45, 2.75) is 13.1 Å². The van der Waals surface area contributed by atoms with E-state index in [0.717, 1.165) is 28.3 Å². The van der Waals surface area contributed by atoms with E-state index in [9.17, 15) is 24.3 Å². The molecule has 214 valence electrons. The number of nitriles is 1. The Morgan fingerprint density at radius 1 is 0.818 bits per heavy atom. The van der Waals surface area contributed by atoms with E-state index in [1.54, 1.807) is 35.1 Å². The fraction of sp³-hybridized carbons (Fsp3) is 0.0556. The van der Waals surface area contributed by atoms with Crippen LogP contribution in [-0.4, -0.2) is 26.8 Å². The minimum absolute atomic E-state index is 0.154. The molecular formula is C36H25FN4O3. The van der Waals surface area contributed by atoms with E-state index < -0.39 is 11.8 Å². The highest BCUT2D eigenvalue weighted by molar-refractivity contribution is 6.07. The molecule has 0 bridgehead atoms. The maximum Gasteiger partial charge on any atom is 0.335 e. The first-order chi connectivity index (χ1) is 21.4. The van der Waals surface area contributed by atoms with Crippen molar-refractivity contribution in [2.75, 3.05) is 0 Å². The topological polar surface area (TPSA) is 108 Å². The monoisotopic (exact) mass is 580 g/mol. The molecule has 8 heteroatoms. The predicted octanol–water partition coefficient (Wildman–Crippen LogP) is 7.06. The normalized spacial score (nSPS) is 10.8. The Bertz CT molecular complexity index is 2060. The first-order valence-corrected chi connectivity index (χ1v) is 13.8. The van der Waals surface area contributed by atoms with E-state index >= 15 is 0 Å². The van der Waals surface area contributed by atoms with Crippen LogP contribution in [0.3, 0.4) is 0 Å². The van der Waals surface area contributed by atoms with Crippen molar-refractivity contribution in [3.8, 4) is 28.3 Å². The van der Waals surface area contributed by atoms with Crippen molar-refractivity contribution < 1.29 is 19.1 Å². The lowest BCUT2D eigenvalue weighted by Gasteiger charge is -2.13. The van der Waals surface area contributed by atoms with E-state index in [1.807, 2.05) is 60.7 Å². The van der Waals surface area contributed by atoms with Gasteiger partial charge in [0, 0.05) is 11.9 Å². The van der Waals surface area contributed by atoms with Crippen LogP contribution >= 0.6 is 0 Å². The number of aromatic nitrogens is 2.